The highest BCUT2D eigenvalue weighted by molar-refractivity contribution is 5.78. The van der Waals surface area contributed by atoms with Crippen LogP contribution in [0.4, 0.5) is 0 Å². The van der Waals surface area contributed by atoms with E-state index in [0.717, 1.165) is 45.3 Å². The second kappa shape index (κ2) is 7.25. The van der Waals surface area contributed by atoms with Crippen LogP contribution in [0.5, 0.6) is 0 Å². The van der Waals surface area contributed by atoms with Crippen molar-refractivity contribution in [1.29, 1.82) is 0 Å². The van der Waals surface area contributed by atoms with Crippen molar-refractivity contribution >= 4 is 5.91 Å². The molecule has 0 aromatic heterocycles. The van der Waals surface area contributed by atoms with E-state index in [0.29, 0.717) is 5.91 Å². The minimum atomic E-state index is 0.109. The maximum Gasteiger partial charge on any atom is 0.226 e. The summed E-state index contributed by atoms with van der Waals surface area (Å²) in [4.78, 5) is 17.0. The van der Waals surface area contributed by atoms with Crippen molar-refractivity contribution in [3.8, 4) is 0 Å². The maximum atomic E-state index is 12.3. The number of hydrogen-bond acceptors (Lipinski definition) is 3. The molecule has 2 fully saturated rings. The van der Waals surface area contributed by atoms with Gasteiger partial charge in [-0.2, -0.15) is 0 Å². The molecule has 2 aliphatic rings. The van der Waals surface area contributed by atoms with Gasteiger partial charge in [0.2, 0.25) is 5.91 Å². The number of nitrogens with zero attached hydrogens (tertiary/aromatic N) is 2. The summed E-state index contributed by atoms with van der Waals surface area (Å²) in [6.07, 6.45) is 5.52. The van der Waals surface area contributed by atoms with E-state index in [1.54, 1.807) is 0 Å². The van der Waals surface area contributed by atoms with Crippen LogP contribution in [0, 0.1) is 5.92 Å². The Hall–Kier alpha value is -0.610. The molecule has 1 unspecified atom stereocenters. The number of carbonyl (C=O) groups excluding carboxylic acids is 1. The molecule has 4 heteroatoms. The first-order valence-electron chi connectivity index (χ1n) is 7.96. The van der Waals surface area contributed by atoms with Crippen LogP contribution < -0.4 is 5.32 Å². The van der Waals surface area contributed by atoms with Gasteiger partial charge in [-0.25, -0.2) is 0 Å². The summed E-state index contributed by atoms with van der Waals surface area (Å²) < 4.78 is 0. The maximum absolute atomic E-state index is 12.3. The van der Waals surface area contributed by atoms with Gasteiger partial charge in [-0.15, -0.1) is 0 Å². The van der Waals surface area contributed by atoms with Crippen molar-refractivity contribution in [3.63, 3.8) is 0 Å². The summed E-state index contributed by atoms with van der Waals surface area (Å²) in [6.45, 7) is 9.85. The van der Waals surface area contributed by atoms with Crippen LogP contribution in [0.15, 0.2) is 0 Å². The molecule has 19 heavy (non-hydrogen) atoms. The molecule has 110 valence electrons. The van der Waals surface area contributed by atoms with Crippen LogP contribution in [0.25, 0.3) is 0 Å². The van der Waals surface area contributed by atoms with Gasteiger partial charge >= 0.3 is 0 Å². The molecule has 1 amide bonds. The number of amides is 1. The lowest BCUT2D eigenvalue weighted by Crippen LogP contribution is -2.53. The fourth-order valence-corrected chi connectivity index (χ4v) is 3.34. The zero-order valence-corrected chi connectivity index (χ0v) is 12.5. The molecule has 0 aromatic carbocycles. The minimum absolute atomic E-state index is 0.109. The normalized spacial score (nSPS) is 23.8. The molecule has 1 saturated heterocycles. The van der Waals surface area contributed by atoms with Crippen LogP contribution in [0.1, 0.15) is 39.5 Å². The standard InChI is InChI=1S/C15H29N3O/c1-3-16-12-13(2)15(19)18-10-8-17(9-11-18)14-6-4-5-7-14/h13-14,16H,3-12H2,1-2H3. The third kappa shape index (κ3) is 3.93. The number of carbonyl (C=O) groups is 1. The van der Waals surface area contributed by atoms with Gasteiger partial charge in [0.15, 0.2) is 0 Å². The van der Waals surface area contributed by atoms with Crippen LogP contribution in [-0.4, -0.2) is 61.0 Å². The summed E-state index contributed by atoms with van der Waals surface area (Å²) >= 11 is 0. The van der Waals surface area contributed by atoms with Crippen molar-refractivity contribution in [2.24, 2.45) is 5.92 Å². The van der Waals surface area contributed by atoms with E-state index in [2.05, 4.69) is 22.0 Å². The Morgan fingerprint density at radius 1 is 1.21 bits per heavy atom. The molecule has 1 heterocycles. The summed E-state index contributed by atoms with van der Waals surface area (Å²) in [6, 6.07) is 0.802. The lowest BCUT2D eigenvalue weighted by Gasteiger charge is -2.39. The van der Waals surface area contributed by atoms with Crippen LogP contribution in [-0.2, 0) is 4.79 Å². The quantitative estimate of drug-likeness (QED) is 0.816. The van der Waals surface area contributed by atoms with E-state index in [9.17, 15) is 4.79 Å². The summed E-state index contributed by atoms with van der Waals surface area (Å²) in [5, 5.41) is 3.26. The highest BCUT2D eigenvalue weighted by Crippen LogP contribution is 2.24. The van der Waals surface area contributed by atoms with Crippen LogP contribution in [0.2, 0.25) is 0 Å². The van der Waals surface area contributed by atoms with Gasteiger partial charge < -0.3 is 10.2 Å². The summed E-state index contributed by atoms with van der Waals surface area (Å²) in [7, 11) is 0. The number of hydrogen-bond donors (Lipinski definition) is 1. The first-order valence-corrected chi connectivity index (χ1v) is 7.96. The largest absolute Gasteiger partial charge is 0.340 e. The second-order valence-electron chi connectivity index (χ2n) is 6.01. The average molecular weight is 267 g/mol. The number of nitrogens with one attached hydrogen (secondary N) is 1. The van der Waals surface area contributed by atoms with Gasteiger partial charge in [0.1, 0.15) is 0 Å². The van der Waals surface area contributed by atoms with E-state index in [4.69, 9.17) is 0 Å². The van der Waals surface area contributed by atoms with E-state index in [1.165, 1.54) is 25.7 Å². The third-order valence-corrected chi connectivity index (χ3v) is 4.59. The van der Waals surface area contributed by atoms with E-state index < -0.39 is 0 Å². The molecule has 1 N–H and O–H groups in total. The summed E-state index contributed by atoms with van der Waals surface area (Å²) in [5.41, 5.74) is 0. The molecule has 1 atom stereocenters. The van der Waals surface area contributed by atoms with Gasteiger partial charge in [-0.1, -0.05) is 26.7 Å². The Balaban J connectivity index is 1.74. The minimum Gasteiger partial charge on any atom is -0.340 e. The van der Waals surface area contributed by atoms with Crippen molar-refractivity contribution in [2.45, 2.75) is 45.6 Å². The molecular weight excluding hydrogens is 238 g/mol. The molecule has 0 bridgehead atoms. The van der Waals surface area contributed by atoms with E-state index >= 15 is 0 Å². The lowest BCUT2D eigenvalue weighted by atomic mass is 10.1. The van der Waals surface area contributed by atoms with Crippen molar-refractivity contribution in [1.82, 2.24) is 15.1 Å². The Kier molecular flexibility index (Phi) is 5.64. The predicted octanol–water partition coefficient (Wildman–Crippen LogP) is 1.32. The third-order valence-electron chi connectivity index (χ3n) is 4.59. The molecule has 1 aliphatic heterocycles. The zero-order chi connectivity index (χ0) is 13.7. The molecule has 1 aliphatic carbocycles. The predicted molar refractivity (Wildman–Crippen MR) is 78.1 cm³/mol. The van der Waals surface area contributed by atoms with Gasteiger partial charge in [0.25, 0.3) is 0 Å². The molecule has 4 nitrogen and oxygen atoms in total. The Morgan fingerprint density at radius 2 is 1.84 bits per heavy atom. The monoisotopic (exact) mass is 267 g/mol. The number of rotatable bonds is 5. The van der Waals surface area contributed by atoms with E-state index in [1.807, 2.05) is 6.92 Å². The Morgan fingerprint density at radius 3 is 2.42 bits per heavy atom. The Bertz CT molecular complexity index is 281. The van der Waals surface area contributed by atoms with Crippen molar-refractivity contribution in [3.05, 3.63) is 0 Å². The Labute approximate surface area is 117 Å². The SMILES string of the molecule is CCNCC(C)C(=O)N1CCN(C2CCCC2)CC1. The first kappa shape index (κ1) is 14.8. The van der Waals surface area contributed by atoms with Gasteiger partial charge in [0, 0.05) is 44.7 Å². The van der Waals surface area contributed by atoms with Gasteiger partial charge in [0.05, 0.1) is 0 Å². The van der Waals surface area contributed by atoms with Crippen molar-refractivity contribution in [2.75, 3.05) is 39.3 Å². The van der Waals surface area contributed by atoms with Gasteiger partial charge in [-0.05, 0) is 19.4 Å². The van der Waals surface area contributed by atoms with Crippen molar-refractivity contribution < 1.29 is 4.79 Å². The fourth-order valence-electron chi connectivity index (χ4n) is 3.34. The first-order chi connectivity index (χ1) is 9.22. The molecular formula is C15H29N3O. The molecule has 2 rings (SSSR count). The van der Waals surface area contributed by atoms with Gasteiger partial charge in [-0.3, -0.25) is 9.69 Å². The smallest absolute Gasteiger partial charge is 0.226 e. The zero-order valence-electron chi connectivity index (χ0n) is 12.5. The second-order valence-corrected chi connectivity index (χ2v) is 6.01. The fraction of sp³-hybridized carbons (Fsp3) is 0.933. The van der Waals surface area contributed by atoms with Crippen LogP contribution >= 0.6 is 0 Å². The molecule has 0 spiro atoms. The van der Waals surface area contributed by atoms with E-state index in [-0.39, 0.29) is 5.92 Å². The van der Waals surface area contributed by atoms with Crippen LogP contribution in [0.3, 0.4) is 0 Å². The lowest BCUT2D eigenvalue weighted by molar-refractivity contribution is -0.136. The molecule has 1 saturated carbocycles. The number of piperazine rings is 1. The topological polar surface area (TPSA) is 35.6 Å². The highest BCUT2D eigenvalue weighted by Gasteiger charge is 2.29. The highest BCUT2D eigenvalue weighted by atomic mass is 16.2. The summed E-state index contributed by atoms with van der Waals surface area (Å²) in [5.74, 6) is 0.435. The molecule has 0 radical (unpaired) electrons. The molecule has 0 aromatic rings. The average Bonchev–Trinajstić information content (AvgIpc) is 2.98.